The van der Waals surface area contributed by atoms with Crippen molar-refractivity contribution in [2.45, 2.75) is 63.1 Å². The Morgan fingerprint density at radius 1 is 1.35 bits per heavy atom. The fraction of sp³-hybridized carbons (Fsp3) is 1.00. The summed E-state index contributed by atoms with van der Waals surface area (Å²) >= 11 is 2.07. The highest BCUT2D eigenvalue weighted by Gasteiger charge is 2.41. The van der Waals surface area contributed by atoms with Crippen LogP contribution in [-0.4, -0.2) is 35.8 Å². The van der Waals surface area contributed by atoms with Crippen molar-refractivity contribution < 1.29 is 4.74 Å². The van der Waals surface area contributed by atoms with E-state index < -0.39 is 0 Å². The quantitative estimate of drug-likeness (QED) is 0.838. The number of hydrogen-bond acceptors (Lipinski definition) is 3. The van der Waals surface area contributed by atoms with Gasteiger partial charge in [-0.3, -0.25) is 0 Å². The van der Waals surface area contributed by atoms with Gasteiger partial charge in [-0.15, -0.1) is 0 Å². The molecule has 0 aromatic rings. The molecular formula is C14H25NOS. The fourth-order valence-corrected chi connectivity index (χ4v) is 4.86. The highest BCUT2D eigenvalue weighted by atomic mass is 32.2. The van der Waals surface area contributed by atoms with Gasteiger partial charge in [-0.25, -0.2) is 0 Å². The third-order valence-electron chi connectivity index (χ3n) is 4.92. The number of ether oxygens (including phenoxy) is 1. The highest BCUT2D eigenvalue weighted by Crippen LogP contribution is 2.39. The van der Waals surface area contributed by atoms with Crippen LogP contribution < -0.4 is 5.32 Å². The smallest absolute Gasteiger partial charge is 0.0795 e. The van der Waals surface area contributed by atoms with Crippen molar-refractivity contribution in [1.29, 1.82) is 0 Å². The summed E-state index contributed by atoms with van der Waals surface area (Å²) in [5.41, 5.74) is 0.236. The number of rotatable bonds is 3. The van der Waals surface area contributed by atoms with Gasteiger partial charge in [0.25, 0.3) is 0 Å². The van der Waals surface area contributed by atoms with Crippen LogP contribution in [0.3, 0.4) is 0 Å². The van der Waals surface area contributed by atoms with Crippen molar-refractivity contribution in [3.63, 3.8) is 0 Å². The first-order valence-electron chi connectivity index (χ1n) is 7.25. The molecule has 2 saturated heterocycles. The lowest BCUT2D eigenvalue weighted by molar-refractivity contribution is -0.0723. The first kappa shape index (κ1) is 12.3. The van der Waals surface area contributed by atoms with Gasteiger partial charge in [-0.05, 0) is 50.7 Å². The molecule has 98 valence electrons. The summed E-state index contributed by atoms with van der Waals surface area (Å²) in [4.78, 5) is 0. The van der Waals surface area contributed by atoms with E-state index in [4.69, 9.17) is 4.74 Å². The second-order valence-electron chi connectivity index (χ2n) is 6.17. The van der Waals surface area contributed by atoms with E-state index in [1.165, 1.54) is 50.0 Å². The first-order chi connectivity index (χ1) is 8.27. The Hall–Kier alpha value is 0.270. The minimum absolute atomic E-state index is 0.236. The zero-order valence-electron chi connectivity index (χ0n) is 10.9. The van der Waals surface area contributed by atoms with Crippen LogP contribution in [0.4, 0.5) is 0 Å². The second kappa shape index (κ2) is 5.10. The van der Waals surface area contributed by atoms with Gasteiger partial charge in [0.05, 0.1) is 5.60 Å². The molecule has 3 atom stereocenters. The third kappa shape index (κ3) is 2.66. The van der Waals surface area contributed by atoms with Crippen LogP contribution in [0, 0.1) is 5.92 Å². The summed E-state index contributed by atoms with van der Waals surface area (Å²) in [5, 5.41) is 3.88. The minimum Gasteiger partial charge on any atom is -0.374 e. The number of hydrogen-bond donors (Lipinski definition) is 1. The summed E-state index contributed by atoms with van der Waals surface area (Å²) < 4.78 is 6.08. The molecule has 3 rings (SSSR count). The number of thioether (sulfide) groups is 1. The molecule has 2 nitrogen and oxygen atoms in total. The molecule has 0 aromatic heterocycles. The van der Waals surface area contributed by atoms with E-state index in [9.17, 15) is 0 Å². The molecule has 1 N–H and O–H groups in total. The van der Waals surface area contributed by atoms with Crippen LogP contribution in [0.15, 0.2) is 0 Å². The average Bonchev–Trinajstić information content (AvgIpc) is 2.63. The average molecular weight is 255 g/mol. The molecule has 0 bridgehead atoms. The standard InChI is InChI=1S/C14H25NOS/c1-11(12-3-2-4-12)15-13-5-7-16-14(9-13)6-8-17-10-14/h11-13,15H,2-10H2,1H3. The maximum Gasteiger partial charge on any atom is 0.0795 e. The van der Waals surface area contributed by atoms with Gasteiger partial charge in [0, 0.05) is 24.4 Å². The third-order valence-corrected chi connectivity index (χ3v) is 6.14. The SMILES string of the molecule is CC(NC1CCOC2(CCSC2)C1)C1CCC1. The van der Waals surface area contributed by atoms with Crippen LogP contribution in [-0.2, 0) is 4.74 Å². The molecule has 0 radical (unpaired) electrons. The van der Waals surface area contributed by atoms with Crippen molar-refractivity contribution >= 4 is 11.8 Å². The molecular weight excluding hydrogens is 230 g/mol. The van der Waals surface area contributed by atoms with Crippen LogP contribution >= 0.6 is 11.8 Å². The molecule has 2 aliphatic heterocycles. The molecule has 3 aliphatic rings. The Balaban J connectivity index is 1.52. The van der Waals surface area contributed by atoms with Crippen LogP contribution in [0.25, 0.3) is 0 Å². The van der Waals surface area contributed by atoms with E-state index in [-0.39, 0.29) is 5.60 Å². The Labute approximate surface area is 109 Å². The molecule has 3 fully saturated rings. The van der Waals surface area contributed by atoms with Crippen molar-refractivity contribution in [1.82, 2.24) is 5.32 Å². The monoisotopic (exact) mass is 255 g/mol. The summed E-state index contributed by atoms with van der Waals surface area (Å²) in [6, 6.07) is 1.43. The van der Waals surface area contributed by atoms with Gasteiger partial charge in [-0.1, -0.05) is 6.42 Å². The van der Waals surface area contributed by atoms with Crippen LogP contribution in [0.1, 0.15) is 45.4 Å². The summed E-state index contributed by atoms with van der Waals surface area (Å²) in [7, 11) is 0. The zero-order valence-corrected chi connectivity index (χ0v) is 11.7. The lowest BCUT2D eigenvalue weighted by Gasteiger charge is -2.41. The molecule has 0 amide bonds. The molecule has 1 saturated carbocycles. The fourth-order valence-electron chi connectivity index (χ4n) is 3.48. The van der Waals surface area contributed by atoms with Crippen molar-refractivity contribution in [2.75, 3.05) is 18.1 Å². The highest BCUT2D eigenvalue weighted by molar-refractivity contribution is 7.99. The molecule has 3 heteroatoms. The normalized spacial score (nSPS) is 40.4. The second-order valence-corrected chi connectivity index (χ2v) is 7.28. The summed E-state index contributed by atoms with van der Waals surface area (Å²) in [6.07, 6.45) is 8.07. The predicted octanol–water partition coefficient (Wildman–Crippen LogP) is 2.82. The lowest BCUT2D eigenvalue weighted by atomic mass is 9.79. The van der Waals surface area contributed by atoms with Gasteiger partial charge in [0.1, 0.15) is 0 Å². The molecule has 17 heavy (non-hydrogen) atoms. The summed E-state index contributed by atoms with van der Waals surface area (Å²) in [6.45, 7) is 3.35. The van der Waals surface area contributed by atoms with Gasteiger partial charge in [0.15, 0.2) is 0 Å². The van der Waals surface area contributed by atoms with Crippen LogP contribution in [0.5, 0.6) is 0 Å². The molecule has 2 heterocycles. The van der Waals surface area contributed by atoms with E-state index in [2.05, 4.69) is 24.0 Å². The topological polar surface area (TPSA) is 21.3 Å². The van der Waals surface area contributed by atoms with Gasteiger partial charge < -0.3 is 10.1 Å². The lowest BCUT2D eigenvalue weighted by Crippen LogP contribution is -2.51. The van der Waals surface area contributed by atoms with E-state index in [1.807, 2.05) is 0 Å². The zero-order chi connectivity index (χ0) is 11.7. The largest absolute Gasteiger partial charge is 0.374 e. The minimum atomic E-state index is 0.236. The molecule has 1 spiro atoms. The molecule has 0 aromatic carbocycles. The van der Waals surface area contributed by atoms with Crippen molar-refractivity contribution in [2.24, 2.45) is 5.92 Å². The van der Waals surface area contributed by atoms with Gasteiger partial charge >= 0.3 is 0 Å². The van der Waals surface area contributed by atoms with E-state index in [1.54, 1.807) is 0 Å². The van der Waals surface area contributed by atoms with E-state index >= 15 is 0 Å². The Morgan fingerprint density at radius 3 is 2.88 bits per heavy atom. The number of nitrogens with one attached hydrogen (secondary N) is 1. The van der Waals surface area contributed by atoms with Gasteiger partial charge in [-0.2, -0.15) is 11.8 Å². The van der Waals surface area contributed by atoms with Crippen molar-refractivity contribution in [3.05, 3.63) is 0 Å². The first-order valence-corrected chi connectivity index (χ1v) is 8.41. The van der Waals surface area contributed by atoms with Crippen molar-refractivity contribution in [3.8, 4) is 0 Å². The Morgan fingerprint density at radius 2 is 2.24 bits per heavy atom. The maximum atomic E-state index is 6.08. The van der Waals surface area contributed by atoms with Crippen LogP contribution in [0.2, 0.25) is 0 Å². The maximum absolute atomic E-state index is 6.08. The Kier molecular flexibility index (Phi) is 3.69. The Bertz CT molecular complexity index is 261. The molecule has 3 unspecified atom stereocenters. The summed E-state index contributed by atoms with van der Waals surface area (Å²) in [5.74, 6) is 3.47. The van der Waals surface area contributed by atoms with Gasteiger partial charge in [0.2, 0.25) is 0 Å². The van der Waals surface area contributed by atoms with E-state index in [0.717, 1.165) is 18.6 Å². The predicted molar refractivity (Wildman–Crippen MR) is 73.6 cm³/mol. The van der Waals surface area contributed by atoms with E-state index in [0.29, 0.717) is 6.04 Å². The molecule has 1 aliphatic carbocycles.